The van der Waals surface area contributed by atoms with Crippen LogP contribution in [0.25, 0.3) is 0 Å². The number of hydrogen-bond donors (Lipinski definition) is 2. The van der Waals surface area contributed by atoms with E-state index in [2.05, 4.69) is 24.1 Å². The molecule has 3 rings (SSSR count). The highest BCUT2D eigenvalue weighted by molar-refractivity contribution is 5.97. The van der Waals surface area contributed by atoms with Crippen molar-refractivity contribution in [1.82, 2.24) is 10.3 Å². The number of cyclic esters (lactones) is 1. The van der Waals surface area contributed by atoms with E-state index in [1.807, 2.05) is 6.92 Å². The van der Waals surface area contributed by atoms with Crippen molar-refractivity contribution >= 4 is 11.9 Å². The predicted octanol–water partition coefficient (Wildman–Crippen LogP) is 4.25. The molecule has 0 spiro atoms. The van der Waals surface area contributed by atoms with E-state index < -0.39 is 24.0 Å². The van der Waals surface area contributed by atoms with Gasteiger partial charge < -0.3 is 24.6 Å². The van der Waals surface area contributed by atoms with Gasteiger partial charge in [-0.25, -0.2) is 9.78 Å². The average molecular weight is 477 g/mol. The molecule has 1 saturated heterocycles. The number of rotatable bonds is 8. The Morgan fingerprint density at radius 2 is 1.97 bits per heavy atom. The van der Waals surface area contributed by atoms with Crippen LogP contribution in [0.15, 0.2) is 12.3 Å². The molecule has 2 heterocycles. The first kappa shape index (κ1) is 26.3. The van der Waals surface area contributed by atoms with Gasteiger partial charge in [0.05, 0.1) is 13.2 Å². The fourth-order valence-corrected chi connectivity index (χ4v) is 5.21. The predicted molar refractivity (Wildman–Crippen MR) is 128 cm³/mol. The van der Waals surface area contributed by atoms with Crippen LogP contribution in [0.5, 0.6) is 11.5 Å². The van der Waals surface area contributed by atoms with Crippen molar-refractivity contribution in [3.8, 4) is 11.5 Å². The highest BCUT2D eigenvalue weighted by Gasteiger charge is 2.36. The minimum atomic E-state index is -0.821. The van der Waals surface area contributed by atoms with Gasteiger partial charge in [0.1, 0.15) is 12.1 Å². The summed E-state index contributed by atoms with van der Waals surface area (Å²) in [6.07, 6.45) is 9.12. The maximum Gasteiger partial charge on any atom is 0.329 e. The lowest BCUT2D eigenvalue weighted by molar-refractivity contribution is -0.161. The summed E-state index contributed by atoms with van der Waals surface area (Å²) in [5.41, 5.74) is -0.183. The van der Waals surface area contributed by atoms with Crippen molar-refractivity contribution in [2.24, 2.45) is 17.8 Å². The summed E-state index contributed by atoms with van der Waals surface area (Å²) in [5.74, 6) is 0.0670. The second-order valence-corrected chi connectivity index (χ2v) is 10.1. The van der Waals surface area contributed by atoms with Crippen molar-refractivity contribution in [3.05, 3.63) is 18.0 Å². The fraction of sp³-hybridized carbons (Fsp3) is 0.731. The maximum absolute atomic E-state index is 13.0. The number of carbonyl (C=O) groups excluding carboxylic acids is 2. The van der Waals surface area contributed by atoms with E-state index in [1.54, 1.807) is 0 Å². The molecule has 8 heteroatoms. The van der Waals surface area contributed by atoms with E-state index in [1.165, 1.54) is 45.1 Å². The maximum atomic E-state index is 13.0. The number of esters is 1. The van der Waals surface area contributed by atoms with Crippen LogP contribution in [0.3, 0.4) is 0 Å². The molecule has 190 valence electrons. The van der Waals surface area contributed by atoms with Crippen LogP contribution in [0.2, 0.25) is 0 Å². The minimum absolute atomic E-state index is 0.144. The second-order valence-electron chi connectivity index (χ2n) is 10.1. The third-order valence-corrected chi connectivity index (χ3v) is 6.94. The summed E-state index contributed by atoms with van der Waals surface area (Å²) >= 11 is 0. The number of hydrogen-bond acceptors (Lipinski definition) is 7. The van der Waals surface area contributed by atoms with Gasteiger partial charge in [-0.2, -0.15) is 0 Å². The van der Waals surface area contributed by atoms with Crippen LogP contribution in [0.4, 0.5) is 0 Å². The number of pyridine rings is 1. The highest BCUT2D eigenvalue weighted by Crippen LogP contribution is 2.36. The van der Waals surface area contributed by atoms with Gasteiger partial charge in [-0.3, -0.25) is 4.79 Å². The van der Waals surface area contributed by atoms with E-state index in [4.69, 9.17) is 14.2 Å². The van der Waals surface area contributed by atoms with Gasteiger partial charge in [-0.15, -0.1) is 0 Å². The zero-order valence-corrected chi connectivity index (χ0v) is 20.9. The molecule has 34 heavy (non-hydrogen) atoms. The number of ether oxygens (including phenoxy) is 3. The molecule has 2 fully saturated rings. The number of aromatic hydroxyl groups is 1. The number of aromatic nitrogens is 1. The molecule has 1 amide bonds. The normalized spacial score (nSPS) is 26.4. The van der Waals surface area contributed by atoms with Gasteiger partial charge in [0.2, 0.25) is 0 Å². The molecule has 1 aliphatic carbocycles. The number of methoxy groups -OCH3 is 1. The number of nitrogens with zero attached hydrogens (tertiary/aromatic N) is 1. The Labute approximate surface area is 202 Å². The average Bonchev–Trinajstić information content (AvgIpc) is 3.31. The Balaban J connectivity index is 1.73. The molecular weight excluding hydrogens is 436 g/mol. The number of amides is 1. The lowest BCUT2D eigenvalue weighted by Crippen LogP contribution is -2.44. The third-order valence-electron chi connectivity index (χ3n) is 6.94. The molecule has 2 aliphatic rings. The first-order valence-corrected chi connectivity index (χ1v) is 12.6. The molecule has 0 radical (unpaired) electrons. The van der Waals surface area contributed by atoms with Crippen LogP contribution >= 0.6 is 0 Å². The van der Waals surface area contributed by atoms with Gasteiger partial charge in [-0.1, -0.05) is 46.0 Å². The molecule has 1 aromatic rings. The Hall–Kier alpha value is -2.35. The summed E-state index contributed by atoms with van der Waals surface area (Å²) in [4.78, 5) is 29.8. The molecule has 1 aliphatic heterocycles. The minimum Gasteiger partial charge on any atom is -0.503 e. The summed E-state index contributed by atoms with van der Waals surface area (Å²) < 4.78 is 17.2. The molecule has 2 N–H and O–H groups in total. The topological polar surface area (TPSA) is 107 Å². The lowest BCUT2D eigenvalue weighted by Gasteiger charge is -2.33. The third kappa shape index (κ3) is 6.84. The van der Waals surface area contributed by atoms with E-state index in [9.17, 15) is 14.7 Å². The second kappa shape index (κ2) is 12.4. The van der Waals surface area contributed by atoms with E-state index in [-0.39, 0.29) is 23.3 Å². The Kier molecular flexibility index (Phi) is 9.56. The molecule has 0 aromatic carbocycles. The van der Waals surface area contributed by atoms with Gasteiger partial charge in [0.25, 0.3) is 5.91 Å². The Morgan fingerprint density at radius 1 is 1.24 bits per heavy atom. The SMILES string of the molecule is COc1ccnc(C(=O)N[C@H]2CCC[C@H](CC3CCCC3)[C@@H](OCC(C)C)[C@H](C)OC2=O)c1O. The first-order chi connectivity index (χ1) is 16.3. The van der Waals surface area contributed by atoms with Crippen LogP contribution < -0.4 is 10.1 Å². The molecular formula is C26H40N2O6. The van der Waals surface area contributed by atoms with Crippen LogP contribution in [0, 0.1) is 17.8 Å². The molecule has 0 bridgehead atoms. The smallest absolute Gasteiger partial charge is 0.329 e. The summed E-state index contributed by atoms with van der Waals surface area (Å²) in [7, 11) is 1.40. The first-order valence-electron chi connectivity index (χ1n) is 12.6. The zero-order chi connectivity index (χ0) is 24.7. The quantitative estimate of drug-likeness (QED) is 0.540. The van der Waals surface area contributed by atoms with Crippen molar-refractivity contribution in [1.29, 1.82) is 0 Å². The van der Waals surface area contributed by atoms with Crippen molar-refractivity contribution in [2.45, 2.75) is 90.4 Å². The lowest BCUT2D eigenvalue weighted by atomic mass is 9.83. The van der Waals surface area contributed by atoms with Crippen molar-refractivity contribution in [3.63, 3.8) is 0 Å². The Bertz CT molecular complexity index is 824. The fourth-order valence-electron chi connectivity index (χ4n) is 5.21. The standard InChI is InChI=1S/C26H40N2O6/c1-16(2)15-33-24-17(3)34-26(31)20(11-7-10-19(24)14-18-8-5-6-9-18)28-25(30)22-23(29)21(32-4)12-13-27-22/h12-13,16-20,24,29H,5-11,14-15H2,1-4H3,(H,28,30)/t17-,19+,20-,24-/m0/s1. The van der Waals surface area contributed by atoms with E-state index in [0.29, 0.717) is 30.8 Å². The van der Waals surface area contributed by atoms with Gasteiger partial charge in [0.15, 0.2) is 17.2 Å². The van der Waals surface area contributed by atoms with E-state index in [0.717, 1.165) is 19.3 Å². The van der Waals surface area contributed by atoms with Crippen molar-refractivity contribution in [2.75, 3.05) is 13.7 Å². The monoisotopic (exact) mass is 476 g/mol. The molecule has 4 atom stereocenters. The summed E-state index contributed by atoms with van der Waals surface area (Å²) in [6, 6.07) is 0.641. The van der Waals surface area contributed by atoms with Crippen molar-refractivity contribution < 1.29 is 28.9 Å². The van der Waals surface area contributed by atoms with Gasteiger partial charge in [-0.05, 0) is 43.9 Å². The van der Waals surface area contributed by atoms with Crippen LogP contribution in [0.1, 0.15) is 82.6 Å². The molecule has 1 saturated carbocycles. The van der Waals surface area contributed by atoms with Crippen LogP contribution in [-0.2, 0) is 14.3 Å². The summed E-state index contributed by atoms with van der Waals surface area (Å²) in [6.45, 7) is 6.75. The molecule has 0 unspecified atom stereocenters. The molecule has 8 nitrogen and oxygen atoms in total. The Morgan fingerprint density at radius 3 is 2.65 bits per heavy atom. The summed E-state index contributed by atoms with van der Waals surface area (Å²) in [5, 5.41) is 13.0. The molecule has 1 aromatic heterocycles. The van der Waals surface area contributed by atoms with Gasteiger partial charge in [0, 0.05) is 18.9 Å². The zero-order valence-electron chi connectivity index (χ0n) is 20.9. The van der Waals surface area contributed by atoms with Crippen LogP contribution in [-0.4, -0.2) is 53.9 Å². The number of nitrogens with one attached hydrogen (secondary N) is 1. The van der Waals surface area contributed by atoms with E-state index >= 15 is 0 Å². The van der Waals surface area contributed by atoms with Gasteiger partial charge >= 0.3 is 5.97 Å². The largest absolute Gasteiger partial charge is 0.503 e. The number of carbonyl (C=O) groups is 2. The highest BCUT2D eigenvalue weighted by atomic mass is 16.6.